The van der Waals surface area contributed by atoms with Crippen molar-refractivity contribution in [2.24, 2.45) is 0 Å². The highest BCUT2D eigenvalue weighted by molar-refractivity contribution is 9.10. The van der Waals surface area contributed by atoms with Crippen LogP contribution in [-0.4, -0.2) is 42.6 Å². The lowest BCUT2D eigenvalue weighted by Gasteiger charge is -2.25. The van der Waals surface area contributed by atoms with Gasteiger partial charge in [0.25, 0.3) is 0 Å². The molecule has 0 spiro atoms. The Kier molecular flexibility index (Phi) is 6.49. The van der Waals surface area contributed by atoms with Gasteiger partial charge in [-0.2, -0.15) is 0 Å². The predicted molar refractivity (Wildman–Crippen MR) is 86.0 cm³/mol. The molecule has 0 aliphatic carbocycles. The van der Waals surface area contributed by atoms with Crippen LogP contribution in [0.15, 0.2) is 22.7 Å². The minimum atomic E-state index is -0.497. The SMILES string of the molecule is CCN(CC)C(=O)CN(C)c1ccc([C@@H](C)O)cc1Br. The van der Waals surface area contributed by atoms with E-state index >= 15 is 0 Å². The predicted octanol–water partition coefficient (Wildman–Crippen LogP) is 2.81. The summed E-state index contributed by atoms with van der Waals surface area (Å²) >= 11 is 3.50. The summed E-state index contributed by atoms with van der Waals surface area (Å²) in [6.45, 7) is 7.49. The second-order valence-corrected chi connectivity index (χ2v) is 5.66. The Bertz CT molecular complexity index is 459. The van der Waals surface area contributed by atoms with Gasteiger partial charge in [0.05, 0.1) is 18.3 Å². The molecule has 0 unspecified atom stereocenters. The maximum atomic E-state index is 12.1. The van der Waals surface area contributed by atoms with Crippen LogP contribution in [0.5, 0.6) is 0 Å². The first-order valence-electron chi connectivity index (χ1n) is 6.87. The van der Waals surface area contributed by atoms with Crippen molar-refractivity contribution in [3.63, 3.8) is 0 Å². The molecule has 1 aromatic carbocycles. The number of rotatable bonds is 6. The molecule has 0 bridgehead atoms. The molecule has 5 heteroatoms. The van der Waals surface area contributed by atoms with Gasteiger partial charge in [0, 0.05) is 24.6 Å². The number of amides is 1. The number of aliphatic hydroxyl groups is 1. The number of nitrogens with zero attached hydrogens (tertiary/aromatic N) is 2. The van der Waals surface area contributed by atoms with Crippen molar-refractivity contribution in [3.8, 4) is 0 Å². The molecule has 0 aliphatic rings. The minimum Gasteiger partial charge on any atom is -0.389 e. The van der Waals surface area contributed by atoms with E-state index in [9.17, 15) is 9.90 Å². The van der Waals surface area contributed by atoms with Crippen LogP contribution in [0.4, 0.5) is 5.69 Å². The molecule has 0 saturated carbocycles. The number of benzene rings is 1. The number of carbonyl (C=O) groups is 1. The van der Waals surface area contributed by atoms with Crippen LogP contribution in [0.2, 0.25) is 0 Å². The number of hydrogen-bond donors (Lipinski definition) is 1. The molecule has 0 heterocycles. The van der Waals surface area contributed by atoms with Gasteiger partial charge in [0.15, 0.2) is 0 Å². The summed E-state index contributed by atoms with van der Waals surface area (Å²) in [5, 5.41) is 9.56. The van der Waals surface area contributed by atoms with E-state index in [0.29, 0.717) is 6.54 Å². The van der Waals surface area contributed by atoms with E-state index in [-0.39, 0.29) is 5.91 Å². The fraction of sp³-hybridized carbons (Fsp3) is 0.533. The van der Waals surface area contributed by atoms with E-state index in [1.807, 2.05) is 48.9 Å². The van der Waals surface area contributed by atoms with Gasteiger partial charge < -0.3 is 14.9 Å². The summed E-state index contributed by atoms with van der Waals surface area (Å²) < 4.78 is 0.880. The van der Waals surface area contributed by atoms with Crippen LogP contribution in [0, 0.1) is 0 Å². The zero-order valence-electron chi connectivity index (χ0n) is 12.6. The Hall–Kier alpha value is -1.07. The van der Waals surface area contributed by atoms with Gasteiger partial charge in [0.1, 0.15) is 0 Å². The molecule has 0 saturated heterocycles. The van der Waals surface area contributed by atoms with Crippen molar-refractivity contribution in [1.82, 2.24) is 4.90 Å². The van der Waals surface area contributed by atoms with Crippen LogP contribution in [-0.2, 0) is 4.79 Å². The number of hydrogen-bond acceptors (Lipinski definition) is 3. The van der Waals surface area contributed by atoms with Crippen LogP contribution in [0.3, 0.4) is 0 Å². The number of likely N-dealkylation sites (N-methyl/N-ethyl adjacent to an activating group) is 2. The lowest BCUT2D eigenvalue weighted by molar-refractivity contribution is -0.129. The topological polar surface area (TPSA) is 43.8 Å². The number of aliphatic hydroxyl groups excluding tert-OH is 1. The third-order valence-electron chi connectivity index (χ3n) is 3.35. The maximum absolute atomic E-state index is 12.1. The standard InChI is InChI=1S/C15H23BrN2O2/c1-5-18(6-2)15(20)10-17(4)14-8-7-12(11(3)19)9-13(14)16/h7-9,11,19H,5-6,10H2,1-4H3/t11-/m1/s1. The Balaban J connectivity index is 2.82. The fourth-order valence-electron chi connectivity index (χ4n) is 2.06. The Morgan fingerprint density at radius 3 is 2.40 bits per heavy atom. The first-order valence-corrected chi connectivity index (χ1v) is 7.66. The first-order chi connectivity index (χ1) is 9.40. The summed E-state index contributed by atoms with van der Waals surface area (Å²) in [4.78, 5) is 15.8. The molecular formula is C15H23BrN2O2. The van der Waals surface area contributed by atoms with E-state index in [4.69, 9.17) is 0 Å². The third kappa shape index (κ3) is 4.21. The molecule has 0 aliphatic heterocycles. The third-order valence-corrected chi connectivity index (χ3v) is 3.99. The minimum absolute atomic E-state index is 0.115. The van der Waals surface area contributed by atoms with Gasteiger partial charge in [0.2, 0.25) is 5.91 Å². The van der Waals surface area contributed by atoms with Crippen molar-refractivity contribution in [1.29, 1.82) is 0 Å². The van der Waals surface area contributed by atoms with Gasteiger partial charge in [-0.05, 0) is 54.4 Å². The Labute approximate surface area is 129 Å². The monoisotopic (exact) mass is 342 g/mol. The molecule has 0 radical (unpaired) electrons. The normalized spacial score (nSPS) is 12.1. The summed E-state index contributed by atoms with van der Waals surface area (Å²) in [6.07, 6.45) is -0.497. The molecule has 1 atom stereocenters. The number of halogens is 1. The lowest BCUT2D eigenvalue weighted by atomic mass is 10.1. The maximum Gasteiger partial charge on any atom is 0.242 e. The van der Waals surface area contributed by atoms with Crippen molar-refractivity contribution in [3.05, 3.63) is 28.2 Å². The Morgan fingerprint density at radius 1 is 1.35 bits per heavy atom. The molecule has 1 aromatic rings. The molecule has 4 nitrogen and oxygen atoms in total. The summed E-state index contributed by atoms with van der Waals surface area (Å²) in [5.41, 5.74) is 1.79. The van der Waals surface area contributed by atoms with Crippen molar-refractivity contribution in [2.75, 3.05) is 31.6 Å². The van der Waals surface area contributed by atoms with Crippen LogP contribution < -0.4 is 4.90 Å². The summed E-state index contributed by atoms with van der Waals surface area (Å²) in [6, 6.07) is 5.68. The highest BCUT2D eigenvalue weighted by Gasteiger charge is 2.15. The average Bonchev–Trinajstić information content (AvgIpc) is 2.39. The molecular weight excluding hydrogens is 320 g/mol. The van der Waals surface area contributed by atoms with E-state index in [0.717, 1.165) is 28.8 Å². The molecule has 112 valence electrons. The summed E-state index contributed by atoms with van der Waals surface area (Å²) in [7, 11) is 1.89. The quantitative estimate of drug-likeness (QED) is 0.864. The highest BCUT2D eigenvalue weighted by Crippen LogP contribution is 2.28. The van der Waals surface area contributed by atoms with E-state index < -0.39 is 6.10 Å². The number of carbonyl (C=O) groups excluding carboxylic acids is 1. The van der Waals surface area contributed by atoms with E-state index in [1.54, 1.807) is 6.92 Å². The van der Waals surface area contributed by atoms with Crippen molar-refractivity contribution >= 4 is 27.5 Å². The largest absolute Gasteiger partial charge is 0.389 e. The summed E-state index contributed by atoms with van der Waals surface area (Å²) in [5.74, 6) is 0.115. The van der Waals surface area contributed by atoms with Gasteiger partial charge in [-0.15, -0.1) is 0 Å². The van der Waals surface area contributed by atoms with Crippen LogP contribution in [0.1, 0.15) is 32.4 Å². The Morgan fingerprint density at radius 2 is 1.95 bits per heavy atom. The van der Waals surface area contributed by atoms with Crippen molar-refractivity contribution in [2.45, 2.75) is 26.9 Å². The fourth-order valence-corrected chi connectivity index (χ4v) is 2.76. The zero-order valence-corrected chi connectivity index (χ0v) is 14.1. The molecule has 0 fully saturated rings. The van der Waals surface area contributed by atoms with Crippen LogP contribution in [0.25, 0.3) is 0 Å². The average molecular weight is 343 g/mol. The zero-order chi connectivity index (χ0) is 15.3. The molecule has 1 amide bonds. The molecule has 20 heavy (non-hydrogen) atoms. The number of anilines is 1. The van der Waals surface area contributed by atoms with Gasteiger partial charge in [-0.1, -0.05) is 6.07 Å². The molecule has 1 rings (SSSR count). The smallest absolute Gasteiger partial charge is 0.242 e. The lowest BCUT2D eigenvalue weighted by Crippen LogP contribution is -2.38. The second kappa shape index (κ2) is 7.64. The van der Waals surface area contributed by atoms with Crippen LogP contribution >= 0.6 is 15.9 Å². The van der Waals surface area contributed by atoms with Gasteiger partial charge in [-0.3, -0.25) is 4.79 Å². The molecule has 0 aromatic heterocycles. The van der Waals surface area contributed by atoms with Gasteiger partial charge >= 0.3 is 0 Å². The molecule has 1 N–H and O–H groups in total. The van der Waals surface area contributed by atoms with Crippen molar-refractivity contribution < 1.29 is 9.90 Å². The van der Waals surface area contributed by atoms with E-state index in [1.165, 1.54) is 0 Å². The van der Waals surface area contributed by atoms with Gasteiger partial charge in [-0.25, -0.2) is 0 Å². The second-order valence-electron chi connectivity index (χ2n) is 4.81. The van der Waals surface area contributed by atoms with E-state index in [2.05, 4.69) is 15.9 Å². The highest BCUT2D eigenvalue weighted by atomic mass is 79.9. The first kappa shape index (κ1) is 17.0.